The minimum absolute atomic E-state index is 0.240. The van der Waals surface area contributed by atoms with Crippen LogP contribution in [0, 0.1) is 0 Å². The van der Waals surface area contributed by atoms with Crippen LogP contribution in [0.5, 0.6) is 5.75 Å². The molecule has 1 N–H and O–H groups in total. The van der Waals surface area contributed by atoms with Crippen LogP contribution >= 0.6 is 0 Å². The standard InChI is InChI=1S/C22H26N2O/c1-3-24(2)12-11-18-15-23-20-9-6-10-21(22(18)20)25-19-13-16-7-4-5-8-17(16)14-19/h4-10,15,19,23H,3,11-14H2,1-2H3. The van der Waals surface area contributed by atoms with Crippen molar-refractivity contribution in [3.05, 3.63) is 65.4 Å². The van der Waals surface area contributed by atoms with E-state index in [-0.39, 0.29) is 6.10 Å². The molecule has 1 aliphatic rings. The molecule has 2 aromatic carbocycles. The predicted octanol–water partition coefficient (Wildman–Crippen LogP) is 4.21. The molecule has 0 atom stereocenters. The predicted molar refractivity (Wildman–Crippen MR) is 103 cm³/mol. The van der Waals surface area contributed by atoms with Gasteiger partial charge in [-0.05, 0) is 48.8 Å². The van der Waals surface area contributed by atoms with Crippen LogP contribution < -0.4 is 4.74 Å². The smallest absolute Gasteiger partial charge is 0.129 e. The van der Waals surface area contributed by atoms with Crippen molar-refractivity contribution >= 4 is 10.9 Å². The van der Waals surface area contributed by atoms with Gasteiger partial charge in [-0.1, -0.05) is 37.3 Å². The molecule has 1 aliphatic carbocycles. The summed E-state index contributed by atoms with van der Waals surface area (Å²) in [7, 11) is 2.17. The van der Waals surface area contributed by atoms with E-state index in [0.29, 0.717) is 0 Å². The molecule has 0 saturated heterocycles. The van der Waals surface area contributed by atoms with Crippen LogP contribution in [0.1, 0.15) is 23.6 Å². The number of nitrogens with one attached hydrogen (secondary N) is 1. The summed E-state index contributed by atoms with van der Waals surface area (Å²) >= 11 is 0. The van der Waals surface area contributed by atoms with Crippen LogP contribution in [-0.2, 0) is 19.3 Å². The molecule has 3 heteroatoms. The lowest BCUT2D eigenvalue weighted by molar-refractivity contribution is 0.216. The number of rotatable bonds is 6. The van der Waals surface area contributed by atoms with Gasteiger partial charge in [0.05, 0.1) is 0 Å². The largest absolute Gasteiger partial charge is 0.489 e. The molecule has 1 heterocycles. The lowest BCUT2D eigenvalue weighted by atomic mass is 10.1. The topological polar surface area (TPSA) is 28.3 Å². The average Bonchev–Trinajstić information content (AvgIpc) is 3.23. The molecule has 0 bridgehead atoms. The van der Waals surface area contributed by atoms with Gasteiger partial charge in [-0.2, -0.15) is 0 Å². The highest BCUT2D eigenvalue weighted by atomic mass is 16.5. The Labute approximate surface area is 149 Å². The lowest BCUT2D eigenvalue weighted by Crippen LogP contribution is -2.20. The molecule has 0 fully saturated rings. The Balaban J connectivity index is 1.56. The molecule has 0 amide bonds. The van der Waals surface area contributed by atoms with E-state index in [2.05, 4.69) is 72.5 Å². The first-order valence-electron chi connectivity index (χ1n) is 9.25. The fourth-order valence-electron chi connectivity index (χ4n) is 3.77. The van der Waals surface area contributed by atoms with Crippen LogP contribution in [0.15, 0.2) is 48.7 Å². The quantitative estimate of drug-likeness (QED) is 0.731. The van der Waals surface area contributed by atoms with Crippen molar-refractivity contribution in [2.45, 2.75) is 32.3 Å². The van der Waals surface area contributed by atoms with E-state index in [1.165, 1.54) is 27.6 Å². The lowest BCUT2D eigenvalue weighted by Gasteiger charge is -2.16. The Bertz CT molecular complexity index is 842. The first-order valence-corrected chi connectivity index (χ1v) is 9.25. The number of fused-ring (bicyclic) bond motifs is 2. The van der Waals surface area contributed by atoms with Gasteiger partial charge in [-0.15, -0.1) is 0 Å². The van der Waals surface area contributed by atoms with Gasteiger partial charge in [-0.25, -0.2) is 0 Å². The van der Waals surface area contributed by atoms with E-state index in [1.54, 1.807) is 0 Å². The summed E-state index contributed by atoms with van der Waals surface area (Å²) in [6, 6.07) is 15.0. The molecule has 0 unspecified atom stereocenters. The van der Waals surface area contributed by atoms with Crippen molar-refractivity contribution in [1.29, 1.82) is 0 Å². The molecular weight excluding hydrogens is 308 g/mol. The Morgan fingerprint density at radius 1 is 1.08 bits per heavy atom. The van der Waals surface area contributed by atoms with Crippen LogP contribution in [-0.4, -0.2) is 36.1 Å². The van der Waals surface area contributed by atoms with E-state index in [1.807, 2.05) is 0 Å². The average molecular weight is 334 g/mol. The van der Waals surface area contributed by atoms with Crippen molar-refractivity contribution in [3.63, 3.8) is 0 Å². The first-order chi connectivity index (χ1) is 12.2. The molecule has 0 aliphatic heterocycles. The number of hydrogen-bond donors (Lipinski definition) is 1. The minimum Gasteiger partial charge on any atom is -0.489 e. The molecule has 1 aromatic heterocycles. The maximum Gasteiger partial charge on any atom is 0.129 e. The number of benzene rings is 2. The van der Waals surface area contributed by atoms with Crippen molar-refractivity contribution in [3.8, 4) is 5.75 Å². The second-order valence-electron chi connectivity index (χ2n) is 7.06. The van der Waals surface area contributed by atoms with Gasteiger partial charge < -0.3 is 14.6 Å². The molecular formula is C22H26N2O. The third-order valence-corrected chi connectivity index (χ3v) is 5.36. The van der Waals surface area contributed by atoms with E-state index in [0.717, 1.165) is 38.1 Å². The summed E-state index contributed by atoms with van der Waals surface area (Å²) in [6.45, 7) is 4.33. The fraction of sp³-hybridized carbons (Fsp3) is 0.364. The monoisotopic (exact) mass is 334 g/mol. The first kappa shape index (κ1) is 16.2. The van der Waals surface area contributed by atoms with Crippen molar-refractivity contribution in [2.24, 2.45) is 0 Å². The molecule has 3 aromatic rings. The van der Waals surface area contributed by atoms with Gasteiger partial charge in [0.25, 0.3) is 0 Å². The van der Waals surface area contributed by atoms with Crippen LogP contribution in [0.4, 0.5) is 0 Å². The maximum absolute atomic E-state index is 6.47. The molecule has 3 nitrogen and oxygen atoms in total. The number of likely N-dealkylation sites (N-methyl/N-ethyl adjacent to an activating group) is 1. The van der Waals surface area contributed by atoms with Crippen LogP contribution in [0.2, 0.25) is 0 Å². The second kappa shape index (κ2) is 6.93. The van der Waals surface area contributed by atoms with Crippen molar-refractivity contribution < 1.29 is 4.74 Å². The van der Waals surface area contributed by atoms with Crippen LogP contribution in [0.25, 0.3) is 10.9 Å². The van der Waals surface area contributed by atoms with Gasteiger partial charge in [-0.3, -0.25) is 0 Å². The highest BCUT2D eigenvalue weighted by molar-refractivity contribution is 5.89. The van der Waals surface area contributed by atoms with Gasteiger partial charge in [0, 0.05) is 36.5 Å². The summed E-state index contributed by atoms with van der Waals surface area (Å²) in [6.07, 6.45) is 5.43. The zero-order valence-electron chi connectivity index (χ0n) is 15.1. The maximum atomic E-state index is 6.47. The normalized spacial score (nSPS) is 14.4. The third-order valence-electron chi connectivity index (χ3n) is 5.36. The highest BCUT2D eigenvalue weighted by Gasteiger charge is 2.23. The summed E-state index contributed by atoms with van der Waals surface area (Å²) in [5.74, 6) is 1.02. The SMILES string of the molecule is CCN(C)CCc1c[nH]c2cccc(OC3Cc4ccccc4C3)c12. The zero-order valence-corrected chi connectivity index (χ0v) is 15.1. The summed E-state index contributed by atoms with van der Waals surface area (Å²) < 4.78 is 6.47. The minimum atomic E-state index is 0.240. The number of H-pyrrole nitrogens is 1. The molecule has 130 valence electrons. The third kappa shape index (κ3) is 3.29. The van der Waals surface area contributed by atoms with Crippen molar-refractivity contribution in [1.82, 2.24) is 9.88 Å². The fourth-order valence-corrected chi connectivity index (χ4v) is 3.77. The van der Waals surface area contributed by atoms with E-state index < -0.39 is 0 Å². The summed E-state index contributed by atoms with van der Waals surface area (Å²) in [5.41, 5.74) is 5.38. The van der Waals surface area contributed by atoms with Gasteiger partial charge in [0.2, 0.25) is 0 Å². The van der Waals surface area contributed by atoms with E-state index >= 15 is 0 Å². The van der Waals surface area contributed by atoms with E-state index in [4.69, 9.17) is 4.74 Å². The molecule has 0 radical (unpaired) electrons. The molecule has 0 spiro atoms. The molecule has 0 saturated carbocycles. The van der Waals surface area contributed by atoms with Crippen LogP contribution in [0.3, 0.4) is 0 Å². The highest BCUT2D eigenvalue weighted by Crippen LogP contribution is 2.32. The van der Waals surface area contributed by atoms with Crippen molar-refractivity contribution in [2.75, 3.05) is 20.1 Å². The number of ether oxygens (including phenoxy) is 1. The molecule has 4 rings (SSSR count). The summed E-state index contributed by atoms with van der Waals surface area (Å²) in [4.78, 5) is 5.76. The Morgan fingerprint density at radius 3 is 2.56 bits per heavy atom. The van der Waals surface area contributed by atoms with Gasteiger partial charge >= 0.3 is 0 Å². The Kier molecular flexibility index (Phi) is 4.50. The number of nitrogens with zero attached hydrogens (tertiary/aromatic N) is 1. The second-order valence-corrected chi connectivity index (χ2v) is 7.06. The number of hydrogen-bond acceptors (Lipinski definition) is 2. The van der Waals surface area contributed by atoms with Gasteiger partial charge in [0.1, 0.15) is 11.9 Å². The number of aromatic amines is 1. The zero-order chi connectivity index (χ0) is 17.2. The Hall–Kier alpha value is -2.26. The molecule has 25 heavy (non-hydrogen) atoms. The van der Waals surface area contributed by atoms with Gasteiger partial charge in [0.15, 0.2) is 0 Å². The Morgan fingerprint density at radius 2 is 1.84 bits per heavy atom. The van der Waals surface area contributed by atoms with E-state index in [9.17, 15) is 0 Å². The summed E-state index contributed by atoms with van der Waals surface area (Å²) in [5, 5.41) is 1.25. The number of aromatic nitrogens is 1.